The van der Waals surface area contributed by atoms with E-state index >= 15 is 0 Å². The van der Waals surface area contributed by atoms with E-state index in [1.54, 1.807) is 31.4 Å². The Morgan fingerprint density at radius 3 is 2.61 bits per heavy atom. The largest absolute Gasteiger partial charge is 0.497 e. The predicted molar refractivity (Wildman–Crippen MR) is 121 cm³/mol. The highest BCUT2D eigenvalue weighted by Crippen LogP contribution is 2.58. The van der Waals surface area contributed by atoms with Gasteiger partial charge in [-0.2, -0.15) is 0 Å². The van der Waals surface area contributed by atoms with Crippen molar-refractivity contribution in [2.45, 2.75) is 36.7 Å². The van der Waals surface area contributed by atoms with Gasteiger partial charge in [0.15, 0.2) is 0 Å². The second-order valence-electron chi connectivity index (χ2n) is 7.99. The van der Waals surface area contributed by atoms with Crippen molar-refractivity contribution in [3.63, 3.8) is 0 Å². The summed E-state index contributed by atoms with van der Waals surface area (Å²) in [4.78, 5) is 15.3. The summed E-state index contributed by atoms with van der Waals surface area (Å²) in [5.74, 6) is 1.35. The van der Waals surface area contributed by atoms with Gasteiger partial charge in [-0.3, -0.25) is 18.8 Å². The number of hydrogen-bond acceptors (Lipinski definition) is 6. The first-order valence-electron chi connectivity index (χ1n) is 10.7. The molecule has 0 aliphatic carbocycles. The lowest BCUT2D eigenvalue weighted by Crippen LogP contribution is -2.29. The molecule has 31 heavy (non-hydrogen) atoms. The van der Waals surface area contributed by atoms with Crippen LogP contribution in [0.15, 0.2) is 53.4 Å². The number of nitrogens with zero attached hydrogens (tertiary/aromatic N) is 2. The summed E-state index contributed by atoms with van der Waals surface area (Å²) in [6, 6.07) is 14.4. The quantitative estimate of drug-likeness (QED) is 0.552. The number of fused-ring (bicyclic) bond motifs is 1. The minimum Gasteiger partial charge on any atom is -0.497 e. The highest BCUT2D eigenvalue weighted by molar-refractivity contribution is 8.23. The van der Waals surface area contributed by atoms with Gasteiger partial charge in [0.25, 0.3) is 5.91 Å². The molecule has 2 aromatic rings. The van der Waals surface area contributed by atoms with Crippen LogP contribution >= 0.6 is 10.8 Å². The number of likely N-dealkylation sites (tertiary alicyclic amines) is 1. The maximum Gasteiger partial charge on any atom is 0.274 e. The van der Waals surface area contributed by atoms with E-state index in [4.69, 9.17) is 9.47 Å². The van der Waals surface area contributed by atoms with Gasteiger partial charge in [0, 0.05) is 25.7 Å². The number of hydrogen-bond donors (Lipinski definition) is 2. The van der Waals surface area contributed by atoms with Gasteiger partial charge in [-0.25, -0.2) is 4.31 Å². The Morgan fingerprint density at radius 2 is 1.81 bits per heavy atom. The van der Waals surface area contributed by atoms with Gasteiger partial charge in [0.2, 0.25) is 0 Å². The van der Waals surface area contributed by atoms with Crippen molar-refractivity contribution in [3.05, 3.63) is 54.1 Å². The van der Waals surface area contributed by atoms with Crippen LogP contribution in [0.4, 0.5) is 0 Å². The molecule has 0 aromatic heterocycles. The smallest absolute Gasteiger partial charge is 0.274 e. The third kappa shape index (κ3) is 4.82. The van der Waals surface area contributed by atoms with Crippen LogP contribution in [-0.2, 0) is 0 Å². The van der Waals surface area contributed by atoms with E-state index < -0.39 is 10.8 Å². The summed E-state index contributed by atoms with van der Waals surface area (Å²) >= 11 is 0. The van der Waals surface area contributed by atoms with Crippen LogP contribution in [0.1, 0.15) is 36.0 Å². The SMILES string of the molecule is COc1cccc(OC2CCN(CCCCCN3C(=O)c4ccccc4S3(O)O)C2)c1. The molecule has 1 amide bonds. The number of carbonyl (C=O) groups is 1. The highest BCUT2D eigenvalue weighted by Gasteiger charge is 2.40. The summed E-state index contributed by atoms with van der Waals surface area (Å²) < 4.78 is 33.6. The van der Waals surface area contributed by atoms with Crippen molar-refractivity contribution in [2.75, 3.05) is 33.3 Å². The zero-order chi connectivity index (χ0) is 21.8. The number of ether oxygens (including phenoxy) is 2. The Bertz CT molecular complexity index is 922. The molecule has 1 fully saturated rings. The second kappa shape index (κ2) is 9.48. The molecule has 7 nitrogen and oxygen atoms in total. The lowest BCUT2D eigenvalue weighted by Gasteiger charge is -2.36. The third-order valence-corrected chi connectivity index (χ3v) is 7.76. The molecule has 2 N–H and O–H groups in total. The predicted octanol–water partition coefficient (Wildman–Crippen LogP) is 4.50. The topological polar surface area (TPSA) is 82.5 Å². The number of benzene rings is 2. The molecule has 0 radical (unpaired) electrons. The van der Waals surface area contributed by atoms with Crippen molar-refractivity contribution in [1.82, 2.24) is 9.21 Å². The Labute approximate surface area is 185 Å². The molecule has 1 unspecified atom stereocenters. The summed E-state index contributed by atoms with van der Waals surface area (Å²) in [5, 5.41) is 0. The molecule has 1 saturated heterocycles. The maximum atomic E-state index is 12.5. The number of rotatable bonds is 9. The van der Waals surface area contributed by atoms with Gasteiger partial charge in [-0.1, -0.05) is 35.4 Å². The van der Waals surface area contributed by atoms with Gasteiger partial charge in [-0.15, -0.1) is 0 Å². The standard InChI is InChI=1S/C23H30N2O5S/c1-29-18-8-7-9-19(16-18)30-20-12-15-24(17-20)13-5-2-6-14-25-23(26)21-10-3-4-11-22(21)31(25,27)28/h3-4,7-11,16,20,27-28H,2,5-6,12-15,17H2,1H3. The van der Waals surface area contributed by atoms with E-state index in [9.17, 15) is 13.9 Å². The highest BCUT2D eigenvalue weighted by atomic mass is 32.3. The van der Waals surface area contributed by atoms with Crippen molar-refractivity contribution < 1.29 is 23.4 Å². The van der Waals surface area contributed by atoms with Crippen molar-refractivity contribution in [3.8, 4) is 11.5 Å². The summed E-state index contributed by atoms with van der Waals surface area (Å²) in [5.41, 5.74) is 0.404. The molecule has 8 heteroatoms. The van der Waals surface area contributed by atoms with E-state index in [0.29, 0.717) is 17.0 Å². The molecule has 4 rings (SSSR count). The molecule has 0 bridgehead atoms. The van der Waals surface area contributed by atoms with Crippen LogP contribution in [0.25, 0.3) is 0 Å². The molecular weight excluding hydrogens is 416 g/mol. The molecule has 2 aliphatic heterocycles. The molecule has 0 saturated carbocycles. The first-order valence-corrected chi connectivity index (χ1v) is 12.2. The Morgan fingerprint density at radius 1 is 1.03 bits per heavy atom. The Kier molecular flexibility index (Phi) is 6.71. The van der Waals surface area contributed by atoms with Crippen LogP contribution in [0.3, 0.4) is 0 Å². The molecule has 0 spiro atoms. The Hall–Kier alpha value is -2.26. The van der Waals surface area contributed by atoms with Crippen molar-refractivity contribution >= 4 is 16.7 Å². The zero-order valence-electron chi connectivity index (χ0n) is 17.8. The Balaban J connectivity index is 1.17. The average Bonchev–Trinajstić information content (AvgIpc) is 3.29. The fourth-order valence-electron chi connectivity index (χ4n) is 4.21. The van der Waals surface area contributed by atoms with Crippen molar-refractivity contribution in [2.24, 2.45) is 0 Å². The lowest BCUT2D eigenvalue weighted by molar-refractivity contribution is 0.0860. The second-order valence-corrected chi connectivity index (χ2v) is 9.91. The van der Waals surface area contributed by atoms with E-state index in [0.717, 1.165) is 56.8 Å². The first kappa shape index (κ1) is 22.0. The number of amides is 1. The third-order valence-electron chi connectivity index (χ3n) is 5.85. The minimum absolute atomic E-state index is 0.181. The van der Waals surface area contributed by atoms with E-state index in [1.165, 1.54) is 4.31 Å². The van der Waals surface area contributed by atoms with Crippen molar-refractivity contribution in [1.29, 1.82) is 0 Å². The number of methoxy groups -OCH3 is 1. The maximum absolute atomic E-state index is 12.5. The molecule has 2 heterocycles. The minimum atomic E-state index is -3.19. The summed E-state index contributed by atoms with van der Waals surface area (Å²) in [7, 11) is -1.54. The number of carbonyl (C=O) groups excluding carboxylic acids is 1. The van der Waals surface area contributed by atoms with Crippen LogP contribution in [0.2, 0.25) is 0 Å². The monoisotopic (exact) mass is 446 g/mol. The lowest BCUT2D eigenvalue weighted by atomic mass is 10.2. The molecule has 1 atom stereocenters. The molecular formula is C23H30N2O5S. The zero-order valence-corrected chi connectivity index (χ0v) is 18.6. The number of unbranched alkanes of at least 4 members (excludes halogenated alkanes) is 2. The van der Waals surface area contributed by atoms with Gasteiger partial charge < -0.3 is 9.47 Å². The summed E-state index contributed by atoms with van der Waals surface area (Å²) in [6.07, 6.45) is 3.85. The fourth-order valence-corrected chi connectivity index (χ4v) is 5.87. The van der Waals surface area contributed by atoms with E-state index in [2.05, 4.69) is 4.90 Å². The normalized spacial score (nSPS) is 21.2. The van der Waals surface area contributed by atoms with Gasteiger partial charge >= 0.3 is 0 Å². The van der Waals surface area contributed by atoms with Gasteiger partial charge in [0.05, 0.1) is 17.6 Å². The van der Waals surface area contributed by atoms with Crippen LogP contribution in [-0.4, -0.2) is 63.6 Å². The van der Waals surface area contributed by atoms with Crippen LogP contribution in [0.5, 0.6) is 11.5 Å². The van der Waals surface area contributed by atoms with Gasteiger partial charge in [-0.05, 0) is 50.1 Å². The average molecular weight is 447 g/mol. The first-order chi connectivity index (χ1) is 15.0. The van der Waals surface area contributed by atoms with Crippen LogP contribution < -0.4 is 9.47 Å². The molecule has 2 aromatic carbocycles. The van der Waals surface area contributed by atoms with Gasteiger partial charge in [0.1, 0.15) is 17.6 Å². The van der Waals surface area contributed by atoms with Crippen LogP contribution in [0, 0.1) is 0 Å². The molecule has 168 valence electrons. The van der Waals surface area contributed by atoms with E-state index in [-0.39, 0.29) is 12.0 Å². The summed E-state index contributed by atoms with van der Waals surface area (Å²) in [6.45, 7) is 3.24. The fraction of sp³-hybridized carbons (Fsp3) is 0.435. The van der Waals surface area contributed by atoms with E-state index in [1.807, 2.05) is 24.3 Å². The molecule has 2 aliphatic rings.